The molecule has 2 heteroatoms. The van der Waals surface area contributed by atoms with Gasteiger partial charge in [0.25, 0.3) is 0 Å². The number of rotatable bonds is 5. The lowest BCUT2D eigenvalue weighted by Crippen LogP contribution is -2.18. The van der Waals surface area contributed by atoms with E-state index in [4.69, 9.17) is 4.74 Å². The van der Waals surface area contributed by atoms with Gasteiger partial charge in [-0.3, -0.25) is 4.79 Å². The van der Waals surface area contributed by atoms with Crippen molar-refractivity contribution in [2.45, 2.75) is 53.4 Å². The maximum atomic E-state index is 11.1. The van der Waals surface area contributed by atoms with Crippen LogP contribution in [-0.2, 0) is 10.2 Å². The van der Waals surface area contributed by atoms with Gasteiger partial charge in [0.1, 0.15) is 12.4 Å². The Balaban J connectivity index is 3.18. The Bertz CT molecular complexity index is 445. The quantitative estimate of drug-likeness (QED) is 0.788. The second kappa shape index (κ2) is 5.55. The highest BCUT2D eigenvalue weighted by Gasteiger charge is 2.22. The predicted molar refractivity (Wildman–Crippen MR) is 75.4 cm³/mol. The Morgan fingerprint density at radius 2 is 1.89 bits per heavy atom. The van der Waals surface area contributed by atoms with E-state index >= 15 is 0 Å². The van der Waals surface area contributed by atoms with E-state index in [0.717, 1.165) is 23.3 Å². The number of carbonyl (C=O) groups is 1. The summed E-state index contributed by atoms with van der Waals surface area (Å²) in [6.45, 7) is 12.5. The van der Waals surface area contributed by atoms with E-state index in [2.05, 4.69) is 39.8 Å². The monoisotopic (exact) mass is 248 g/mol. The lowest BCUT2D eigenvalue weighted by molar-refractivity contribution is -0.118. The number of aryl methyl sites for hydroxylation is 1. The topological polar surface area (TPSA) is 26.3 Å². The van der Waals surface area contributed by atoms with Gasteiger partial charge in [0, 0.05) is 0 Å². The molecule has 0 spiro atoms. The summed E-state index contributed by atoms with van der Waals surface area (Å²) in [4.78, 5) is 11.1. The fourth-order valence-corrected chi connectivity index (χ4v) is 2.15. The molecule has 1 aromatic rings. The smallest absolute Gasteiger partial charge is 0.167 e. The Hall–Kier alpha value is -1.31. The highest BCUT2D eigenvalue weighted by atomic mass is 16.5. The molecular weight excluding hydrogens is 224 g/mol. The van der Waals surface area contributed by atoms with Crippen LogP contribution < -0.4 is 4.74 Å². The van der Waals surface area contributed by atoms with E-state index in [9.17, 15) is 4.79 Å². The minimum Gasteiger partial charge on any atom is -0.485 e. The van der Waals surface area contributed by atoms with E-state index in [-0.39, 0.29) is 17.8 Å². The minimum absolute atomic E-state index is 0.0500. The van der Waals surface area contributed by atoms with Crippen LogP contribution in [0.4, 0.5) is 0 Å². The van der Waals surface area contributed by atoms with Crippen LogP contribution in [0.2, 0.25) is 0 Å². The second-order valence-electron chi connectivity index (χ2n) is 5.61. The molecule has 0 saturated heterocycles. The second-order valence-corrected chi connectivity index (χ2v) is 5.61. The molecule has 0 radical (unpaired) electrons. The number of carbonyl (C=O) groups excluding carboxylic acids is 1. The number of hydrogen-bond donors (Lipinski definition) is 0. The van der Waals surface area contributed by atoms with E-state index in [0.29, 0.717) is 0 Å². The van der Waals surface area contributed by atoms with Crippen LogP contribution in [0.1, 0.15) is 50.8 Å². The van der Waals surface area contributed by atoms with Crippen molar-refractivity contribution < 1.29 is 9.53 Å². The maximum Gasteiger partial charge on any atom is 0.167 e. The summed E-state index contributed by atoms with van der Waals surface area (Å²) in [6.07, 6.45) is 1.07. The van der Waals surface area contributed by atoms with Gasteiger partial charge in [0.15, 0.2) is 5.78 Å². The summed E-state index contributed by atoms with van der Waals surface area (Å²) in [7, 11) is 0. The standard InChI is InChI=1S/C16H24O2/c1-7-16(5,6)14-9-8-11(2)15(13(14)4)18-10-12(3)17/h8-9H,7,10H2,1-6H3. The van der Waals surface area contributed by atoms with Crippen molar-refractivity contribution in [2.75, 3.05) is 6.61 Å². The molecule has 0 fully saturated rings. The molecule has 2 nitrogen and oxygen atoms in total. The fourth-order valence-electron chi connectivity index (χ4n) is 2.15. The molecule has 0 amide bonds. The summed E-state index contributed by atoms with van der Waals surface area (Å²) in [5.41, 5.74) is 3.67. The molecule has 0 atom stereocenters. The van der Waals surface area contributed by atoms with Crippen molar-refractivity contribution in [2.24, 2.45) is 0 Å². The van der Waals surface area contributed by atoms with Gasteiger partial charge in [0.05, 0.1) is 0 Å². The van der Waals surface area contributed by atoms with E-state index in [1.165, 1.54) is 5.56 Å². The molecule has 0 heterocycles. The van der Waals surface area contributed by atoms with Gasteiger partial charge < -0.3 is 4.74 Å². The highest BCUT2D eigenvalue weighted by molar-refractivity contribution is 5.77. The van der Waals surface area contributed by atoms with Gasteiger partial charge in [-0.05, 0) is 49.3 Å². The molecule has 0 aliphatic rings. The lowest BCUT2D eigenvalue weighted by atomic mass is 9.79. The van der Waals surface area contributed by atoms with Crippen molar-refractivity contribution in [3.8, 4) is 5.75 Å². The molecule has 1 rings (SSSR count). The largest absolute Gasteiger partial charge is 0.485 e. The summed E-state index contributed by atoms with van der Waals surface area (Å²) >= 11 is 0. The van der Waals surface area contributed by atoms with Crippen molar-refractivity contribution in [1.82, 2.24) is 0 Å². The number of ether oxygens (including phenoxy) is 1. The number of ketones is 1. The average Bonchev–Trinajstić information content (AvgIpc) is 2.28. The molecule has 0 aromatic heterocycles. The van der Waals surface area contributed by atoms with Crippen molar-refractivity contribution in [3.05, 3.63) is 28.8 Å². The van der Waals surface area contributed by atoms with Crippen LogP contribution in [-0.4, -0.2) is 12.4 Å². The van der Waals surface area contributed by atoms with E-state index in [1.54, 1.807) is 6.92 Å². The molecule has 100 valence electrons. The zero-order valence-corrected chi connectivity index (χ0v) is 12.4. The first-order chi connectivity index (χ1) is 8.29. The summed E-state index contributed by atoms with van der Waals surface area (Å²) in [5, 5.41) is 0. The third-order valence-corrected chi connectivity index (χ3v) is 3.64. The molecule has 0 aliphatic heterocycles. The Kier molecular flexibility index (Phi) is 4.55. The SMILES string of the molecule is CCC(C)(C)c1ccc(C)c(OCC(C)=O)c1C. The average molecular weight is 248 g/mol. The first-order valence-corrected chi connectivity index (χ1v) is 6.52. The number of Topliss-reactive ketones (excluding diaryl/α,β-unsaturated/α-hetero) is 1. The summed E-state index contributed by atoms with van der Waals surface area (Å²) in [5.74, 6) is 0.915. The van der Waals surface area contributed by atoms with Crippen LogP contribution in [0, 0.1) is 13.8 Å². The van der Waals surface area contributed by atoms with Crippen molar-refractivity contribution in [1.29, 1.82) is 0 Å². The van der Waals surface area contributed by atoms with Gasteiger partial charge in [-0.25, -0.2) is 0 Å². The molecule has 0 saturated carbocycles. The van der Waals surface area contributed by atoms with Gasteiger partial charge in [-0.2, -0.15) is 0 Å². The molecule has 0 aliphatic carbocycles. The zero-order valence-electron chi connectivity index (χ0n) is 12.4. The van der Waals surface area contributed by atoms with Crippen LogP contribution >= 0.6 is 0 Å². The van der Waals surface area contributed by atoms with Crippen LogP contribution in [0.3, 0.4) is 0 Å². The summed E-state index contributed by atoms with van der Waals surface area (Å²) in [6, 6.07) is 4.25. The normalized spacial score (nSPS) is 11.4. The maximum absolute atomic E-state index is 11.1. The lowest BCUT2D eigenvalue weighted by Gasteiger charge is -2.27. The Morgan fingerprint density at radius 3 is 2.39 bits per heavy atom. The first-order valence-electron chi connectivity index (χ1n) is 6.52. The van der Waals surface area contributed by atoms with Crippen molar-refractivity contribution >= 4 is 5.78 Å². The van der Waals surface area contributed by atoms with Crippen LogP contribution in [0.15, 0.2) is 12.1 Å². The van der Waals surface area contributed by atoms with E-state index in [1.807, 2.05) is 6.92 Å². The molecule has 0 unspecified atom stereocenters. The number of benzene rings is 1. The zero-order chi connectivity index (χ0) is 13.9. The molecular formula is C16H24O2. The van der Waals surface area contributed by atoms with Crippen LogP contribution in [0.5, 0.6) is 5.75 Å². The molecule has 18 heavy (non-hydrogen) atoms. The molecule has 0 N–H and O–H groups in total. The predicted octanol–water partition coefficient (Wildman–Crippen LogP) is 3.96. The Labute approximate surface area is 110 Å². The van der Waals surface area contributed by atoms with Crippen LogP contribution in [0.25, 0.3) is 0 Å². The highest BCUT2D eigenvalue weighted by Crippen LogP contribution is 2.35. The van der Waals surface area contributed by atoms with Gasteiger partial charge in [-0.1, -0.05) is 32.9 Å². The van der Waals surface area contributed by atoms with E-state index < -0.39 is 0 Å². The number of hydrogen-bond acceptors (Lipinski definition) is 2. The van der Waals surface area contributed by atoms with Gasteiger partial charge in [0.2, 0.25) is 0 Å². The fraction of sp³-hybridized carbons (Fsp3) is 0.562. The Morgan fingerprint density at radius 1 is 1.28 bits per heavy atom. The third kappa shape index (κ3) is 3.12. The molecule has 1 aromatic carbocycles. The third-order valence-electron chi connectivity index (χ3n) is 3.64. The first kappa shape index (κ1) is 14.7. The van der Waals surface area contributed by atoms with Crippen molar-refractivity contribution in [3.63, 3.8) is 0 Å². The minimum atomic E-state index is 0.0500. The van der Waals surface area contributed by atoms with Gasteiger partial charge in [-0.15, -0.1) is 0 Å². The van der Waals surface area contributed by atoms with Gasteiger partial charge >= 0.3 is 0 Å². The summed E-state index contributed by atoms with van der Waals surface area (Å²) < 4.78 is 5.66. The molecule has 0 bridgehead atoms.